The van der Waals surface area contributed by atoms with Gasteiger partial charge in [0.05, 0.1) is 11.7 Å². The lowest BCUT2D eigenvalue weighted by Gasteiger charge is -2.15. The fraction of sp³-hybridized carbons (Fsp3) is 0.400. The maximum absolute atomic E-state index is 6.26. The molecule has 2 aromatic rings. The summed E-state index contributed by atoms with van der Waals surface area (Å²) in [4.78, 5) is 5.82. The summed E-state index contributed by atoms with van der Waals surface area (Å²) >= 11 is 1.72. The molecule has 2 N–H and O–H groups in total. The van der Waals surface area contributed by atoms with E-state index in [2.05, 4.69) is 43.1 Å². The summed E-state index contributed by atoms with van der Waals surface area (Å²) in [6, 6.07) is 10.6. The molecule has 0 spiro atoms. The lowest BCUT2D eigenvalue weighted by Crippen LogP contribution is -2.13. The van der Waals surface area contributed by atoms with Gasteiger partial charge in [-0.1, -0.05) is 37.3 Å². The van der Waals surface area contributed by atoms with Gasteiger partial charge in [-0.05, 0) is 31.7 Å². The van der Waals surface area contributed by atoms with Crippen LogP contribution in [0.25, 0.3) is 0 Å². The van der Waals surface area contributed by atoms with E-state index >= 15 is 0 Å². The van der Waals surface area contributed by atoms with E-state index in [1.807, 2.05) is 13.0 Å². The largest absolute Gasteiger partial charge is 0.322 e. The third kappa shape index (κ3) is 2.98. The van der Waals surface area contributed by atoms with Crippen molar-refractivity contribution < 1.29 is 0 Å². The number of hydrogen-bond donors (Lipinski definition) is 1. The molecular weight excluding hydrogens is 240 g/mol. The average molecular weight is 260 g/mol. The van der Waals surface area contributed by atoms with Gasteiger partial charge in [0.15, 0.2) is 0 Å². The van der Waals surface area contributed by atoms with Gasteiger partial charge in [0.2, 0.25) is 0 Å². The number of hydrogen-bond acceptors (Lipinski definition) is 3. The molecule has 1 heterocycles. The van der Waals surface area contributed by atoms with Crippen LogP contribution >= 0.6 is 11.3 Å². The van der Waals surface area contributed by atoms with Crippen molar-refractivity contribution in [3.8, 4) is 0 Å². The predicted molar refractivity (Wildman–Crippen MR) is 78.0 cm³/mol. The monoisotopic (exact) mass is 260 g/mol. The van der Waals surface area contributed by atoms with Crippen LogP contribution < -0.4 is 5.73 Å². The average Bonchev–Trinajstić information content (AvgIpc) is 2.71. The van der Waals surface area contributed by atoms with Crippen molar-refractivity contribution in [2.24, 2.45) is 5.73 Å². The summed E-state index contributed by atoms with van der Waals surface area (Å²) < 4.78 is 0. The Morgan fingerprint density at radius 1 is 1.22 bits per heavy atom. The van der Waals surface area contributed by atoms with Crippen molar-refractivity contribution >= 4 is 11.3 Å². The fourth-order valence-corrected chi connectivity index (χ4v) is 2.99. The van der Waals surface area contributed by atoms with Crippen LogP contribution in [0.5, 0.6) is 0 Å². The zero-order valence-corrected chi connectivity index (χ0v) is 12.0. The zero-order valence-electron chi connectivity index (χ0n) is 11.2. The van der Waals surface area contributed by atoms with E-state index in [1.165, 1.54) is 10.4 Å². The molecule has 96 valence electrons. The summed E-state index contributed by atoms with van der Waals surface area (Å²) in [5.41, 5.74) is 8.72. The standard InChI is InChI=1S/C15H20N2S/c1-10(13-7-5-4-6-8-13)9-14(16)15-17-11(2)12(3)18-15/h4-8,10,14H,9,16H2,1-3H3. The van der Waals surface area contributed by atoms with Crippen LogP contribution in [-0.2, 0) is 0 Å². The maximum atomic E-state index is 6.26. The summed E-state index contributed by atoms with van der Waals surface area (Å²) in [6.07, 6.45) is 0.941. The highest BCUT2D eigenvalue weighted by molar-refractivity contribution is 7.11. The van der Waals surface area contributed by atoms with E-state index in [9.17, 15) is 0 Å². The molecule has 0 aliphatic carbocycles. The van der Waals surface area contributed by atoms with Crippen LogP contribution in [0.1, 0.15) is 46.4 Å². The van der Waals surface area contributed by atoms with Gasteiger partial charge in [0.1, 0.15) is 5.01 Å². The van der Waals surface area contributed by atoms with Crippen molar-refractivity contribution in [2.75, 3.05) is 0 Å². The molecular formula is C15H20N2S. The zero-order chi connectivity index (χ0) is 13.1. The van der Waals surface area contributed by atoms with Gasteiger partial charge in [-0.2, -0.15) is 0 Å². The van der Waals surface area contributed by atoms with E-state index in [1.54, 1.807) is 11.3 Å². The molecule has 18 heavy (non-hydrogen) atoms. The number of rotatable bonds is 4. The van der Waals surface area contributed by atoms with Crippen molar-refractivity contribution in [3.05, 3.63) is 51.5 Å². The number of nitrogens with two attached hydrogens (primary N) is 1. The Morgan fingerprint density at radius 3 is 2.44 bits per heavy atom. The molecule has 1 aromatic carbocycles. The Hall–Kier alpha value is -1.19. The molecule has 0 saturated heterocycles. The first-order valence-electron chi connectivity index (χ1n) is 6.32. The molecule has 2 unspecified atom stereocenters. The van der Waals surface area contributed by atoms with Crippen LogP contribution in [0.4, 0.5) is 0 Å². The van der Waals surface area contributed by atoms with Crippen LogP contribution in [0.2, 0.25) is 0 Å². The second-order valence-electron chi connectivity index (χ2n) is 4.85. The molecule has 2 atom stereocenters. The van der Waals surface area contributed by atoms with Gasteiger partial charge in [0.25, 0.3) is 0 Å². The van der Waals surface area contributed by atoms with Gasteiger partial charge < -0.3 is 5.73 Å². The molecule has 0 radical (unpaired) electrons. The minimum absolute atomic E-state index is 0.0395. The molecule has 2 rings (SSSR count). The highest BCUT2D eigenvalue weighted by Gasteiger charge is 2.16. The van der Waals surface area contributed by atoms with Gasteiger partial charge >= 0.3 is 0 Å². The molecule has 0 fully saturated rings. The number of nitrogens with zero attached hydrogens (tertiary/aromatic N) is 1. The van der Waals surface area contributed by atoms with Gasteiger partial charge in [-0.25, -0.2) is 4.98 Å². The van der Waals surface area contributed by atoms with E-state index in [-0.39, 0.29) is 6.04 Å². The molecule has 0 bridgehead atoms. The maximum Gasteiger partial charge on any atom is 0.110 e. The first kappa shape index (κ1) is 13.2. The van der Waals surface area contributed by atoms with Crippen LogP contribution in [0.3, 0.4) is 0 Å². The van der Waals surface area contributed by atoms with Crippen LogP contribution in [0.15, 0.2) is 30.3 Å². The first-order valence-corrected chi connectivity index (χ1v) is 7.14. The van der Waals surface area contributed by atoms with Crippen LogP contribution in [-0.4, -0.2) is 4.98 Å². The predicted octanol–water partition coefficient (Wildman–Crippen LogP) is 3.95. The van der Waals surface area contributed by atoms with Crippen molar-refractivity contribution in [1.29, 1.82) is 0 Å². The first-order chi connectivity index (χ1) is 8.58. The Labute approximate surface area is 113 Å². The number of aryl methyl sites for hydroxylation is 2. The molecule has 1 aromatic heterocycles. The summed E-state index contributed by atoms with van der Waals surface area (Å²) in [5, 5.41) is 1.06. The van der Waals surface area contributed by atoms with Crippen molar-refractivity contribution in [3.63, 3.8) is 0 Å². The minimum Gasteiger partial charge on any atom is -0.322 e. The second kappa shape index (κ2) is 5.63. The van der Waals surface area contributed by atoms with Crippen LogP contribution in [0, 0.1) is 13.8 Å². The molecule has 3 heteroatoms. The topological polar surface area (TPSA) is 38.9 Å². The third-order valence-corrected chi connectivity index (χ3v) is 4.54. The lowest BCUT2D eigenvalue weighted by molar-refractivity contribution is 0.571. The minimum atomic E-state index is 0.0395. The van der Waals surface area contributed by atoms with Gasteiger partial charge in [0, 0.05) is 4.88 Å². The molecule has 0 aliphatic heterocycles. The normalized spacial score (nSPS) is 14.4. The highest BCUT2D eigenvalue weighted by atomic mass is 32.1. The highest BCUT2D eigenvalue weighted by Crippen LogP contribution is 2.29. The van der Waals surface area contributed by atoms with E-state index in [0.717, 1.165) is 17.1 Å². The number of benzene rings is 1. The van der Waals surface area contributed by atoms with Crippen molar-refractivity contribution in [1.82, 2.24) is 4.98 Å². The van der Waals surface area contributed by atoms with E-state index in [0.29, 0.717) is 5.92 Å². The summed E-state index contributed by atoms with van der Waals surface area (Å²) in [7, 11) is 0. The smallest absolute Gasteiger partial charge is 0.110 e. The fourth-order valence-electron chi connectivity index (χ4n) is 2.06. The van der Waals surface area contributed by atoms with Crippen molar-refractivity contribution in [2.45, 2.75) is 39.2 Å². The Balaban J connectivity index is 2.05. The third-order valence-electron chi connectivity index (χ3n) is 3.34. The SMILES string of the molecule is Cc1nc(C(N)CC(C)c2ccccc2)sc1C. The Morgan fingerprint density at radius 2 is 1.89 bits per heavy atom. The second-order valence-corrected chi connectivity index (χ2v) is 6.08. The summed E-state index contributed by atoms with van der Waals surface area (Å²) in [6.45, 7) is 6.37. The molecule has 0 amide bonds. The molecule has 2 nitrogen and oxygen atoms in total. The quantitative estimate of drug-likeness (QED) is 0.904. The summed E-state index contributed by atoms with van der Waals surface area (Å²) in [5.74, 6) is 0.464. The van der Waals surface area contributed by atoms with Gasteiger partial charge in [-0.15, -0.1) is 11.3 Å². The molecule has 0 saturated carbocycles. The Bertz CT molecular complexity index is 485. The van der Waals surface area contributed by atoms with Gasteiger partial charge in [-0.3, -0.25) is 0 Å². The lowest BCUT2D eigenvalue weighted by atomic mass is 9.94. The Kier molecular flexibility index (Phi) is 4.15. The number of thiazole rings is 1. The van der Waals surface area contributed by atoms with E-state index in [4.69, 9.17) is 5.73 Å². The van der Waals surface area contributed by atoms with E-state index < -0.39 is 0 Å². The molecule has 0 aliphatic rings. The number of aromatic nitrogens is 1.